The van der Waals surface area contributed by atoms with Crippen LogP contribution < -0.4 is 0 Å². The number of aliphatic imine (C=N–C) groups is 1. The van der Waals surface area contributed by atoms with Gasteiger partial charge in [0, 0.05) is 37.7 Å². The third kappa shape index (κ3) is 2.16. The molecule has 1 fully saturated rings. The van der Waals surface area contributed by atoms with Crippen molar-refractivity contribution >= 4 is 17.7 Å². The van der Waals surface area contributed by atoms with E-state index in [0.717, 1.165) is 24.9 Å². The first-order chi connectivity index (χ1) is 6.77. The van der Waals surface area contributed by atoms with Gasteiger partial charge in [0.2, 0.25) is 0 Å². The molecule has 2 heterocycles. The summed E-state index contributed by atoms with van der Waals surface area (Å²) in [7, 11) is 2.15. The predicted octanol–water partition coefficient (Wildman–Crippen LogP) is 1.12. The summed E-state index contributed by atoms with van der Waals surface area (Å²) in [4.78, 5) is 9.29. The monoisotopic (exact) mass is 213 g/mol. The Kier molecular flexibility index (Phi) is 3.21. The Morgan fingerprint density at radius 3 is 2.93 bits per heavy atom. The van der Waals surface area contributed by atoms with Gasteiger partial charge in [0.05, 0.1) is 6.54 Å². The van der Waals surface area contributed by atoms with Crippen LogP contribution in [0.2, 0.25) is 0 Å². The quantitative estimate of drug-likeness (QED) is 0.601. The fourth-order valence-electron chi connectivity index (χ4n) is 1.96. The van der Waals surface area contributed by atoms with Gasteiger partial charge in [-0.1, -0.05) is 6.92 Å². The number of hydrogen-bond donors (Lipinski definition) is 0. The minimum atomic E-state index is 0.812. The van der Waals surface area contributed by atoms with Gasteiger partial charge in [-0.3, -0.25) is 4.99 Å². The largest absolute Gasteiger partial charge is 0.344 e. The number of likely N-dealkylation sites (N-methyl/N-ethyl adjacent to an activating group) is 1. The van der Waals surface area contributed by atoms with Gasteiger partial charge in [-0.05, 0) is 6.42 Å². The van der Waals surface area contributed by atoms with Crippen LogP contribution in [0.4, 0.5) is 0 Å². The first kappa shape index (κ1) is 10.1. The highest BCUT2D eigenvalue weighted by atomic mass is 32.2. The maximum atomic E-state index is 4.57. The number of hydrogen-bond acceptors (Lipinski definition) is 4. The Morgan fingerprint density at radius 2 is 2.21 bits per heavy atom. The molecule has 1 saturated heterocycles. The molecular formula is C10H19N3S. The van der Waals surface area contributed by atoms with Crippen LogP contribution in [0.25, 0.3) is 0 Å². The van der Waals surface area contributed by atoms with Gasteiger partial charge in [-0.2, -0.15) is 11.8 Å². The van der Waals surface area contributed by atoms with Gasteiger partial charge in [0.25, 0.3) is 0 Å². The van der Waals surface area contributed by atoms with Crippen molar-refractivity contribution in [2.45, 2.75) is 18.6 Å². The lowest BCUT2D eigenvalue weighted by Gasteiger charge is -2.27. The molecule has 0 aromatic carbocycles. The smallest absolute Gasteiger partial charge is 0.196 e. The van der Waals surface area contributed by atoms with Gasteiger partial charge in [0.15, 0.2) is 5.96 Å². The van der Waals surface area contributed by atoms with E-state index in [1.54, 1.807) is 0 Å². The third-order valence-electron chi connectivity index (χ3n) is 2.88. The summed E-state index contributed by atoms with van der Waals surface area (Å²) in [6.07, 6.45) is 1.29. The standard InChI is InChI=1S/C10H19N3S/c1-9-3-5-13(7-8-14-9)10-11-4-6-12(10)2/h9H,3-8H2,1-2H3. The number of thioether (sulfide) groups is 1. The van der Waals surface area contributed by atoms with Crippen LogP contribution in [0.15, 0.2) is 4.99 Å². The Labute approximate surface area is 90.6 Å². The summed E-state index contributed by atoms with van der Waals surface area (Å²) in [6, 6.07) is 0. The van der Waals surface area contributed by atoms with Gasteiger partial charge in [-0.15, -0.1) is 0 Å². The number of guanidine groups is 1. The zero-order chi connectivity index (χ0) is 9.97. The molecule has 0 radical (unpaired) electrons. The Hall–Kier alpha value is -0.380. The summed E-state index contributed by atoms with van der Waals surface area (Å²) >= 11 is 2.09. The normalized spacial score (nSPS) is 29.0. The highest BCUT2D eigenvalue weighted by molar-refractivity contribution is 7.99. The molecule has 0 N–H and O–H groups in total. The number of nitrogens with zero attached hydrogens (tertiary/aromatic N) is 3. The van der Waals surface area contributed by atoms with Crippen molar-refractivity contribution in [3.8, 4) is 0 Å². The highest BCUT2D eigenvalue weighted by Crippen LogP contribution is 2.19. The molecule has 2 aliphatic rings. The predicted molar refractivity (Wildman–Crippen MR) is 63.0 cm³/mol. The van der Waals surface area contributed by atoms with Crippen LogP contribution in [-0.2, 0) is 0 Å². The van der Waals surface area contributed by atoms with Crippen LogP contribution in [0, 0.1) is 0 Å². The van der Waals surface area contributed by atoms with E-state index in [1.807, 2.05) is 0 Å². The molecule has 0 saturated carbocycles. The fraction of sp³-hybridized carbons (Fsp3) is 0.900. The molecule has 0 aromatic heterocycles. The lowest BCUT2D eigenvalue weighted by molar-refractivity contribution is 0.380. The van der Waals surface area contributed by atoms with E-state index in [1.165, 1.54) is 24.7 Å². The molecule has 2 rings (SSSR count). The van der Waals surface area contributed by atoms with Crippen LogP contribution >= 0.6 is 11.8 Å². The van der Waals surface area contributed by atoms with E-state index in [-0.39, 0.29) is 0 Å². The summed E-state index contributed by atoms with van der Waals surface area (Å²) in [5.74, 6) is 2.47. The molecule has 0 amide bonds. The molecule has 0 bridgehead atoms. The first-order valence-electron chi connectivity index (χ1n) is 5.39. The van der Waals surface area contributed by atoms with E-state index in [0.29, 0.717) is 0 Å². The Morgan fingerprint density at radius 1 is 1.36 bits per heavy atom. The summed E-state index contributed by atoms with van der Waals surface area (Å²) in [5, 5.41) is 0.812. The van der Waals surface area contributed by atoms with E-state index in [4.69, 9.17) is 0 Å². The Balaban J connectivity index is 1.96. The van der Waals surface area contributed by atoms with E-state index in [9.17, 15) is 0 Å². The molecule has 1 unspecified atom stereocenters. The van der Waals surface area contributed by atoms with Crippen molar-refractivity contribution in [1.82, 2.24) is 9.80 Å². The SMILES string of the molecule is CC1CCN(C2=NCCN2C)CCS1. The van der Waals surface area contributed by atoms with Crippen LogP contribution in [0.1, 0.15) is 13.3 Å². The van der Waals surface area contributed by atoms with Crippen LogP contribution in [-0.4, -0.2) is 60.0 Å². The minimum absolute atomic E-state index is 0.812. The van der Waals surface area contributed by atoms with Crippen molar-refractivity contribution < 1.29 is 0 Å². The van der Waals surface area contributed by atoms with E-state index < -0.39 is 0 Å². The lowest BCUT2D eigenvalue weighted by Crippen LogP contribution is -2.41. The molecule has 14 heavy (non-hydrogen) atoms. The van der Waals surface area contributed by atoms with Gasteiger partial charge < -0.3 is 9.80 Å². The maximum absolute atomic E-state index is 4.57. The van der Waals surface area contributed by atoms with Crippen molar-refractivity contribution in [3.63, 3.8) is 0 Å². The molecular weight excluding hydrogens is 194 g/mol. The maximum Gasteiger partial charge on any atom is 0.196 e. The summed E-state index contributed by atoms with van der Waals surface area (Å²) in [5.41, 5.74) is 0. The van der Waals surface area contributed by atoms with Crippen molar-refractivity contribution in [2.24, 2.45) is 4.99 Å². The average molecular weight is 213 g/mol. The van der Waals surface area contributed by atoms with Gasteiger partial charge >= 0.3 is 0 Å². The molecule has 3 nitrogen and oxygen atoms in total. The molecule has 2 aliphatic heterocycles. The topological polar surface area (TPSA) is 18.8 Å². The Bertz CT molecular complexity index is 229. The van der Waals surface area contributed by atoms with Crippen LogP contribution in [0.5, 0.6) is 0 Å². The summed E-state index contributed by atoms with van der Waals surface area (Å²) in [6.45, 7) is 6.74. The molecule has 0 aromatic rings. The second kappa shape index (κ2) is 4.43. The van der Waals surface area contributed by atoms with E-state index >= 15 is 0 Å². The molecule has 80 valence electrons. The molecule has 1 atom stereocenters. The third-order valence-corrected chi connectivity index (χ3v) is 4.11. The molecule has 0 spiro atoms. The van der Waals surface area contributed by atoms with Gasteiger partial charge in [0.1, 0.15) is 0 Å². The average Bonchev–Trinajstić information content (AvgIpc) is 2.46. The summed E-state index contributed by atoms with van der Waals surface area (Å²) < 4.78 is 0. The fourth-order valence-corrected chi connectivity index (χ4v) is 2.96. The van der Waals surface area contributed by atoms with Crippen molar-refractivity contribution in [2.75, 3.05) is 39.0 Å². The second-order valence-corrected chi connectivity index (χ2v) is 5.61. The minimum Gasteiger partial charge on any atom is -0.344 e. The number of rotatable bonds is 0. The first-order valence-corrected chi connectivity index (χ1v) is 6.44. The van der Waals surface area contributed by atoms with Crippen molar-refractivity contribution in [1.29, 1.82) is 0 Å². The second-order valence-electron chi connectivity index (χ2n) is 4.06. The molecule has 0 aliphatic carbocycles. The molecule has 4 heteroatoms. The van der Waals surface area contributed by atoms with Crippen LogP contribution in [0.3, 0.4) is 0 Å². The zero-order valence-electron chi connectivity index (χ0n) is 9.07. The van der Waals surface area contributed by atoms with Crippen molar-refractivity contribution in [3.05, 3.63) is 0 Å². The highest BCUT2D eigenvalue weighted by Gasteiger charge is 2.22. The van der Waals surface area contributed by atoms with E-state index in [2.05, 4.69) is 40.5 Å². The van der Waals surface area contributed by atoms with Gasteiger partial charge in [-0.25, -0.2) is 0 Å². The lowest BCUT2D eigenvalue weighted by atomic mass is 10.3. The zero-order valence-corrected chi connectivity index (χ0v) is 9.89.